The van der Waals surface area contributed by atoms with Gasteiger partial charge in [-0.05, 0) is 43.9 Å². The molecule has 4 heteroatoms. The van der Waals surface area contributed by atoms with Gasteiger partial charge in [-0.15, -0.1) is 0 Å². The number of rotatable bonds is 2. The van der Waals surface area contributed by atoms with Crippen LogP contribution in [0.3, 0.4) is 0 Å². The van der Waals surface area contributed by atoms with E-state index in [1.807, 2.05) is 19.9 Å². The number of carbonyl (C=O) groups excluding carboxylic acids is 1. The van der Waals surface area contributed by atoms with E-state index in [1.165, 1.54) is 0 Å². The van der Waals surface area contributed by atoms with Crippen LogP contribution in [0.5, 0.6) is 0 Å². The minimum absolute atomic E-state index is 0.136. The molecule has 0 saturated heterocycles. The Labute approximate surface area is 114 Å². The van der Waals surface area contributed by atoms with E-state index in [0.717, 1.165) is 36.8 Å². The maximum atomic E-state index is 12.3. The number of aliphatic hydroxyl groups excluding tert-OH is 1. The van der Waals surface area contributed by atoms with Gasteiger partial charge in [0.1, 0.15) is 0 Å². The quantitative estimate of drug-likeness (QED) is 0.713. The van der Waals surface area contributed by atoms with Crippen molar-refractivity contribution in [3.05, 3.63) is 28.8 Å². The maximum Gasteiger partial charge on any atom is 0.251 e. The molecule has 1 fully saturated rings. The number of aryl methyl sites for hydroxylation is 2. The minimum Gasteiger partial charge on any atom is -0.398 e. The summed E-state index contributed by atoms with van der Waals surface area (Å²) in [4.78, 5) is 12.3. The highest BCUT2D eigenvalue weighted by Crippen LogP contribution is 2.21. The molecule has 1 aromatic carbocycles. The number of nitrogen functional groups attached to an aromatic ring is 1. The third-order valence-electron chi connectivity index (χ3n) is 3.90. The van der Waals surface area contributed by atoms with Gasteiger partial charge in [-0.1, -0.05) is 18.9 Å². The number of anilines is 1. The molecule has 0 unspecified atom stereocenters. The number of hydrogen-bond acceptors (Lipinski definition) is 3. The molecule has 4 N–H and O–H groups in total. The lowest BCUT2D eigenvalue weighted by atomic mass is 9.92. The third kappa shape index (κ3) is 3.07. The Balaban J connectivity index is 2.13. The van der Waals surface area contributed by atoms with Crippen LogP contribution in [-0.2, 0) is 0 Å². The summed E-state index contributed by atoms with van der Waals surface area (Å²) in [6.45, 7) is 3.83. The Bertz CT molecular complexity index is 485. The van der Waals surface area contributed by atoms with Gasteiger partial charge in [-0.2, -0.15) is 0 Å². The van der Waals surface area contributed by atoms with E-state index < -0.39 is 6.10 Å². The smallest absolute Gasteiger partial charge is 0.251 e. The molecule has 1 saturated carbocycles. The molecular weight excluding hydrogens is 240 g/mol. The van der Waals surface area contributed by atoms with Crippen LogP contribution in [0.2, 0.25) is 0 Å². The van der Waals surface area contributed by atoms with Crippen molar-refractivity contribution in [3.63, 3.8) is 0 Å². The van der Waals surface area contributed by atoms with Crippen LogP contribution in [0, 0.1) is 13.8 Å². The lowest BCUT2D eigenvalue weighted by Crippen LogP contribution is -2.45. The largest absolute Gasteiger partial charge is 0.398 e. The lowest BCUT2D eigenvalue weighted by Gasteiger charge is -2.28. The van der Waals surface area contributed by atoms with E-state index >= 15 is 0 Å². The molecule has 0 spiro atoms. The zero-order valence-corrected chi connectivity index (χ0v) is 11.6. The van der Waals surface area contributed by atoms with Crippen molar-refractivity contribution in [3.8, 4) is 0 Å². The van der Waals surface area contributed by atoms with Crippen LogP contribution in [0.25, 0.3) is 0 Å². The summed E-state index contributed by atoms with van der Waals surface area (Å²) in [5, 5.41) is 12.8. The number of carbonyl (C=O) groups is 1. The van der Waals surface area contributed by atoms with E-state index in [0.29, 0.717) is 11.3 Å². The zero-order valence-electron chi connectivity index (χ0n) is 11.6. The second-order valence-corrected chi connectivity index (χ2v) is 5.46. The van der Waals surface area contributed by atoms with Gasteiger partial charge in [-0.3, -0.25) is 4.79 Å². The highest BCUT2D eigenvalue weighted by Gasteiger charge is 2.25. The first kappa shape index (κ1) is 13.9. The molecule has 0 bridgehead atoms. The van der Waals surface area contributed by atoms with Gasteiger partial charge >= 0.3 is 0 Å². The van der Waals surface area contributed by atoms with Crippen molar-refractivity contribution >= 4 is 11.6 Å². The van der Waals surface area contributed by atoms with E-state index in [2.05, 4.69) is 5.32 Å². The molecule has 4 nitrogen and oxygen atoms in total. The summed E-state index contributed by atoms with van der Waals surface area (Å²) in [6, 6.07) is 3.50. The Morgan fingerprint density at radius 2 is 1.95 bits per heavy atom. The van der Waals surface area contributed by atoms with Gasteiger partial charge < -0.3 is 16.2 Å². The molecular formula is C15H22N2O2. The van der Waals surface area contributed by atoms with E-state index in [4.69, 9.17) is 5.73 Å². The number of nitrogens with one attached hydrogen (secondary N) is 1. The van der Waals surface area contributed by atoms with Crippen molar-refractivity contribution in [2.75, 3.05) is 5.73 Å². The highest BCUT2D eigenvalue weighted by atomic mass is 16.3. The fourth-order valence-corrected chi connectivity index (χ4v) is 2.64. The first-order chi connectivity index (χ1) is 8.99. The molecule has 1 aromatic rings. The van der Waals surface area contributed by atoms with Crippen LogP contribution in [0.1, 0.15) is 47.2 Å². The fraction of sp³-hybridized carbons (Fsp3) is 0.533. The molecule has 0 heterocycles. The van der Waals surface area contributed by atoms with Gasteiger partial charge in [0.25, 0.3) is 5.91 Å². The van der Waals surface area contributed by atoms with Gasteiger partial charge in [0.2, 0.25) is 0 Å². The van der Waals surface area contributed by atoms with Crippen molar-refractivity contribution < 1.29 is 9.90 Å². The first-order valence-corrected chi connectivity index (χ1v) is 6.84. The van der Waals surface area contributed by atoms with E-state index in [9.17, 15) is 9.90 Å². The Kier molecular flexibility index (Phi) is 4.10. The van der Waals surface area contributed by atoms with E-state index in [1.54, 1.807) is 6.07 Å². The zero-order chi connectivity index (χ0) is 14.0. The van der Waals surface area contributed by atoms with Gasteiger partial charge in [0.15, 0.2) is 0 Å². The van der Waals surface area contributed by atoms with Crippen molar-refractivity contribution in [1.29, 1.82) is 0 Å². The fourth-order valence-electron chi connectivity index (χ4n) is 2.64. The average molecular weight is 262 g/mol. The van der Waals surface area contributed by atoms with Gasteiger partial charge in [0.05, 0.1) is 12.1 Å². The molecule has 1 aliphatic carbocycles. The molecule has 0 aromatic heterocycles. The number of aliphatic hydroxyl groups is 1. The molecule has 2 rings (SSSR count). The minimum atomic E-state index is -0.430. The monoisotopic (exact) mass is 262 g/mol. The second-order valence-electron chi connectivity index (χ2n) is 5.46. The normalized spacial score (nSPS) is 23.1. The number of amides is 1. The van der Waals surface area contributed by atoms with Crippen molar-refractivity contribution in [2.24, 2.45) is 0 Å². The lowest BCUT2D eigenvalue weighted by molar-refractivity contribution is 0.0717. The highest BCUT2D eigenvalue weighted by molar-refractivity contribution is 5.97. The summed E-state index contributed by atoms with van der Waals surface area (Å²) < 4.78 is 0. The molecule has 19 heavy (non-hydrogen) atoms. The summed E-state index contributed by atoms with van der Waals surface area (Å²) in [5.41, 5.74) is 8.97. The third-order valence-corrected chi connectivity index (χ3v) is 3.90. The molecule has 2 atom stereocenters. The number of nitrogens with two attached hydrogens (primary N) is 1. The van der Waals surface area contributed by atoms with Crippen LogP contribution < -0.4 is 11.1 Å². The molecule has 0 radical (unpaired) electrons. The number of benzene rings is 1. The number of hydrogen-bond donors (Lipinski definition) is 3. The summed E-state index contributed by atoms with van der Waals surface area (Å²) in [7, 11) is 0. The van der Waals surface area contributed by atoms with Crippen molar-refractivity contribution in [1.82, 2.24) is 5.32 Å². The van der Waals surface area contributed by atoms with Gasteiger partial charge in [-0.25, -0.2) is 0 Å². The second kappa shape index (κ2) is 5.61. The SMILES string of the molecule is Cc1cc(C)c(C(=O)N[C@H]2CCCC[C@@H]2O)cc1N. The molecule has 1 aliphatic rings. The standard InChI is InChI=1S/C15H22N2O2/c1-9-7-10(2)12(16)8-11(9)15(19)17-13-5-3-4-6-14(13)18/h7-8,13-14,18H,3-6,16H2,1-2H3,(H,17,19)/t13-,14-/m0/s1. The maximum absolute atomic E-state index is 12.3. The Morgan fingerprint density at radius 3 is 2.63 bits per heavy atom. The first-order valence-electron chi connectivity index (χ1n) is 6.84. The van der Waals surface area contributed by atoms with Crippen LogP contribution >= 0.6 is 0 Å². The summed E-state index contributed by atoms with van der Waals surface area (Å²) >= 11 is 0. The average Bonchev–Trinajstić information content (AvgIpc) is 2.36. The topological polar surface area (TPSA) is 75.3 Å². The van der Waals surface area contributed by atoms with Gasteiger partial charge in [0, 0.05) is 11.3 Å². The summed E-state index contributed by atoms with van der Waals surface area (Å²) in [6.07, 6.45) is 3.26. The van der Waals surface area contributed by atoms with Crippen molar-refractivity contribution in [2.45, 2.75) is 51.7 Å². The molecule has 104 valence electrons. The summed E-state index contributed by atoms with van der Waals surface area (Å²) in [5.74, 6) is -0.143. The molecule has 1 amide bonds. The Hall–Kier alpha value is -1.55. The van der Waals surface area contributed by atoms with Crippen LogP contribution in [0.4, 0.5) is 5.69 Å². The van der Waals surface area contributed by atoms with Crippen LogP contribution in [-0.4, -0.2) is 23.2 Å². The Morgan fingerprint density at radius 1 is 1.26 bits per heavy atom. The van der Waals surface area contributed by atoms with Crippen LogP contribution in [0.15, 0.2) is 12.1 Å². The van der Waals surface area contributed by atoms with E-state index in [-0.39, 0.29) is 11.9 Å². The molecule has 0 aliphatic heterocycles. The predicted octanol–water partition coefficient (Wildman–Crippen LogP) is 1.92. The predicted molar refractivity (Wildman–Crippen MR) is 76.1 cm³/mol.